The molecule has 5 N–H and O–H groups in total. The van der Waals surface area contributed by atoms with E-state index in [-0.39, 0.29) is 0 Å². The normalized spacial score (nSPS) is 40.1. The Morgan fingerprint density at radius 2 is 1.67 bits per heavy atom. The number of aliphatic carboxylic acids is 1. The van der Waals surface area contributed by atoms with Gasteiger partial charge in [0.1, 0.15) is 42.7 Å². The number of carboxylic acid groups (broad SMARTS) is 1. The van der Waals surface area contributed by atoms with E-state index in [2.05, 4.69) is 9.18 Å². The lowest BCUT2D eigenvalue weighted by atomic mass is 9.95. The first-order valence-electron chi connectivity index (χ1n) is 9.40. The highest BCUT2D eigenvalue weighted by Gasteiger charge is 2.53. The molecule has 16 nitrogen and oxygen atoms in total. The smallest absolute Gasteiger partial charge is 0.397 e. The second-order valence-electron chi connectivity index (χ2n) is 7.01. The highest BCUT2D eigenvalue weighted by Crippen LogP contribution is 2.31. The molecule has 0 aromatic heterocycles. The third kappa shape index (κ3) is 6.76. The monoisotopic (exact) mass is 505 g/mol. The van der Waals surface area contributed by atoms with Crippen molar-refractivity contribution < 1.29 is 70.8 Å². The molecular formula is C16H27NO15S. The molecule has 33 heavy (non-hydrogen) atoms. The van der Waals surface area contributed by atoms with Gasteiger partial charge in [-0.05, 0) is 0 Å². The molecule has 10 atom stereocenters. The number of hydrogen-bond donors (Lipinski definition) is 5. The molecule has 0 saturated carbocycles. The van der Waals surface area contributed by atoms with Crippen LogP contribution in [0, 0.1) is 0 Å². The first-order chi connectivity index (χ1) is 15.4. The molecule has 2 saturated heterocycles. The summed E-state index contributed by atoms with van der Waals surface area (Å²) in [6.45, 7) is -0.879. The first kappa shape index (κ1) is 27.7. The number of ether oxygens (including phenoxy) is 6. The van der Waals surface area contributed by atoms with Gasteiger partial charge in [0.25, 0.3) is 0 Å². The summed E-state index contributed by atoms with van der Waals surface area (Å²) in [6, 6.07) is -1.20. The molecular weight excluding hydrogens is 478 g/mol. The third-order valence-electron chi connectivity index (χ3n) is 4.94. The lowest BCUT2D eigenvalue weighted by Crippen LogP contribution is -2.65. The van der Waals surface area contributed by atoms with E-state index in [0.717, 1.165) is 13.5 Å². The minimum absolute atomic E-state index is 0.879. The van der Waals surface area contributed by atoms with Crippen LogP contribution >= 0.6 is 0 Å². The number of aliphatic hydroxyl groups excluding tert-OH is 3. The van der Waals surface area contributed by atoms with Gasteiger partial charge in [-0.1, -0.05) is 0 Å². The van der Waals surface area contributed by atoms with Crippen LogP contribution in [0.1, 0.15) is 0 Å². The zero-order chi connectivity index (χ0) is 24.9. The molecule has 0 aliphatic carbocycles. The molecule has 2 aliphatic rings. The minimum atomic E-state index is -4.92. The Hall–Kier alpha value is -1.51. The second-order valence-corrected chi connectivity index (χ2v) is 8.10. The van der Waals surface area contributed by atoms with Gasteiger partial charge in [0, 0.05) is 14.2 Å². The maximum absolute atomic E-state index is 11.5. The second kappa shape index (κ2) is 11.8. The van der Waals surface area contributed by atoms with Crippen LogP contribution in [0.3, 0.4) is 0 Å². The maximum atomic E-state index is 11.5. The van der Waals surface area contributed by atoms with E-state index in [1.54, 1.807) is 0 Å². The van der Waals surface area contributed by atoms with Gasteiger partial charge in [-0.15, -0.1) is 0 Å². The van der Waals surface area contributed by atoms with Crippen molar-refractivity contribution >= 4 is 22.8 Å². The van der Waals surface area contributed by atoms with E-state index < -0.39 is 84.3 Å². The number of methoxy groups -OCH3 is 3. The van der Waals surface area contributed by atoms with Crippen molar-refractivity contribution in [3.63, 3.8) is 0 Å². The van der Waals surface area contributed by atoms with Crippen molar-refractivity contribution in [3.05, 3.63) is 0 Å². The molecule has 2 heterocycles. The zero-order valence-electron chi connectivity index (χ0n) is 17.7. The van der Waals surface area contributed by atoms with E-state index in [1.165, 1.54) is 14.2 Å². The fourth-order valence-corrected chi connectivity index (χ4v) is 3.72. The molecule has 0 bridgehead atoms. The van der Waals surface area contributed by atoms with Gasteiger partial charge in [0.2, 0.25) is 0 Å². The zero-order valence-corrected chi connectivity index (χ0v) is 18.5. The fraction of sp³-hybridized carbons (Fsp3) is 0.875. The number of carbonyl (C=O) groups is 1. The molecule has 0 radical (unpaired) electrons. The standard InChI is InChI=1S/C16H27NO15S/c1-26-5-17-7-8(18)11(6(30-15(7)28-3)4-29-33(23,24)25)31-16-10(20)9(19)12(27-2)13(32-16)14(21)22/h5-13,15-16,18-20H,4H2,1-3H3,(H,21,22)(H,23,24,25). The number of carboxylic acids is 1. The summed E-state index contributed by atoms with van der Waals surface area (Å²) < 4.78 is 66.2. The van der Waals surface area contributed by atoms with Gasteiger partial charge in [-0.3, -0.25) is 4.55 Å². The fourth-order valence-electron chi connectivity index (χ4n) is 3.41. The number of hydrogen-bond acceptors (Lipinski definition) is 14. The lowest BCUT2D eigenvalue weighted by molar-refractivity contribution is -0.341. The Bertz CT molecular complexity index is 778. The molecule has 0 amide bonds. The van der Waals surface area contributed by atoms with Gasteiger partial charge in [-0.25, -0.2) is 14.0 Å². The summed E-state index contributed by atoms with van der Waals surface area (Å²) in [6.07, 6.45) is -13.6. The van der Waals surface area contributed by atoms with Crippen LogP contribution in [-0.2, 0) is 47.8 Å². The van der Waals surface area contributed by atoms with Crippen molar-refractivity contribution in [2.24, 2.45) is 4.99 Å². The average molecular weight is 505 g/mol. The first-order valence-corrected chi connectivity index (χ1v) is 10.8. The summed E-state index contributed by atoms with van der Waals surface area (Å²) in [5, 5.41) is 40.8. The number of nitrogens with zero attached hydrogens (tertiary/aromatic N) is 1. The van der Waals surface area contributed by atoms with Crippen molar-refractivity contribution in [2.45, 2.75) is 61.3 Å². The summed E-state index contributed by atoms with van der Waals surface area (Å²) >= 11 is 0. The van der Waals surface area contributed by atoms with Crippen LogP contribution in [0.4, 0.5) is 0 Å². The van der Waals surface area contributed by atoms with E-state index >= 15 is 0 Å². The maximum Gasteiger partial charge on any atom is 0.397 e. The van der Waals surface area contributed by atoms with Crippen LogP contribution in [0.2, 0.25) is 0 Å². The molecule has 2 aliphatic heterocycles. The van der Waals surface area contributed by atoms with Crippen LogP contribution < -0.4 is 0 Å². The topological polar surface area (TPSA) is 229 Å². The van der Waals surface area contributed by atoms with Gasteiger partial charge >= 0.3 is 16.4 Å². The van der Waals surface area contributed by atoms with E-state index in [4.69, 9.17) is 33.0 Å². The van der Waals surface area contributed by atoms with Crippen LogP contribution in [-0.4, -0.2) is 135 Å². The Labute approximate surface area is 188 Å². The lowest BCUT2D eigenvalue weighted by Gasteiger charge is -2.46. The SMILES string of the molecule is COC=NC1C(OC)OC(COS(=O)(=O)O)C(OC2OC(C(=O)O)C(OC)C(O)C2O)C1O. The molecule has 17 heteroatoms. The van der Waals surface area contributed by atoms with Crippen LogP contribution in [0.5, 0.6) is 0 Å². The number of rotatable bonds is 10. The quantitative estimate of drug-likeness (QED) is 0.110. The summed E-state index contributed by atoms with van der Waals surface area (Å²) in [7, 11) is -1.33. The molecule has 0 aromatic rings. The van der Waals surface area contributed by atoms with Crippen molar-refractivity contribution in [2.75, 3.05) is 27.9 Å². The molecule has 10 unspecified atom stereocenters. The van der Waals surface area contributed by atoms with Gasteiger partial charge in [0.05, 0.1) is 13.7 Å². The van der Waals surface area contributed by atoms with Gasteiger partial charge in [0.15, 0.2) is 25.1 Å². The van der Waals surface area contributed by atoms with E-state index in [0.29, 0.717) is 0 Å². The molecule has 192 valence electrons. The predicted molar refractivity (Wildman–Crippen MR) is 102 cm³/mol. The van der Waals surface area contributed by atoms with Crippen LogP contribution in [0.25, 0.3) is 0 Å². The Balaban J connectivity index is 2.33. The summed E-state index contributed by atoms with van der Waals surface area (Å²) in [5.74, 6) is -1.53. The highest BCUT2D eigenvalue weighted by atomic mass is 32.3. The number of aliphatic imine (C=N–C) groups is 1. The highest BCUT2D eigenvalue weighted by molar-refractivity contribution is 7.80. The van der Waals surface area contributed by atoms with Crippen molar-refractivity contribution in [3.8, 4) is 0 Å². The predicted octanol–water partition coefficient (Wildman–Crippen LogP) is -3.49. The van der Waals surface area contributed by atoms with E-state index in [9.17, 15) is 33.6 Å². The minimum Gasteiger partial charge on any atom is -0.487 e. The Morgan fingerprint density at radius 1 is 1.00 bits per heavy atom. The largest absolute Gasteiger partial charge is 0.487 e. The summed E-state index contributed by atoms with van der Waals surface area (Å²) in [5.41, 5.74) is 0. The van der Waals surface area contributed by atoms with Crippen molar-refractivity contribution in [1.29, 1.82) is 0 Å². The Kier molecular flexibility index (Phi) is 9.88. The third-order valence-corrected chi connectivity index (χ3v) is 5.38. The van der Waals surface area contributed by atoms with Crippen molar-refractivity contribution in [1.82, 2.24) is 0 Å². The molecule has 0 aromatic carbocycles. The molecule has 2 rings (SSSR count). The Morgan fingerprint density at radius 3 is 2.18 bits per heavy atom. The molecule has 0 spiro atoms. The van der Waals surface area contributed by atoms with Crippen LogP contribution in [0.15, 0.2) is 4.99 Å². The van der Waals surface area contributed by atoms with Gasteiger partial charge < -0.3 is 48.8 Å². The van der Waals surface area contributed by atoms with Gasteiger partial charge in [-0.2, -0.15) is 8.42 Å². The number of aliphatic hydroxyl groups is 3. The molecule has 2 fully saturated rings. The van der Waals surface area contributed by atoms with E-state index in [1.807, 2.05) is 0 Å². The average Bonchev–Trinajstić information content (AvgIpc) is 2.75. The summed E-state index contributed by atoms with van der Waals surface area (Å²) in [4.78, 5) is 15.4.